The van der Waals surface area contributed by atoms with Crippen LogP contribution in [-0.4, -0.2) is 14.3 Å². The molecule has 0 aliphatic rings. The van der Waals surface area contributed by atoms with E-state index in [1.54, 1.807) is 6.07 Å². The van der Waals surface area contributed by atoms with Crippen molar-refractivity contribution in [2.45, 2.75) is 6.92 Å². The predicted octanol–water partition coefficient (Wildman–Crippen LogP) is 3.98. The molecular weight excluding hydrogens is 322 g/mol. The minimum Gasteiger partial charge on any atom is -0.303 e. The number of aromatic nitrogens is 2. The van der Waals surface area contributed by atoms with Crippen LogP contribution in [0, 0.1) is 17.0 Å². The van der Waals surface area contributed by atoms with Crippen LogP contribution < -0.4 is 0 Å². The number of nitrogens with zero attached hydrogens (tertiary/aromatic N) is 3. The van der Waals surface area contributed by atoms with E-state index < -0.39 is 4.92 Å². The van der Waals surface area contributed by atoms with E-state index in [1.165, 1.54) is 12.1 Å². The molecule has 0 fully saturated rings. The Kier molecular flexibility index (Phi) is 3.02. The fourth-order valence-electron chi connectivity index (χ4n) is 2.08. The summed E-state index contributed by atoms with van der Waals surface area (Å²) in [5.74, 6) is 0. The highest BCUT2D eigenvalue weighted by Crippen LogP contribution is 2.25. The van der Waals surface area contributed by atoms with E-state index in [1.807, 2.05) is 35.7 Å². The Morgan fingerprint density at radius 1 is 1.30 bits per heavy atom. The molecule has 100 valence electrons. The van der Waals surface area contributed by atoms with Crippen molar-refractivity contribution in [3.63, 3.8) is 0 Å². The molecule has 0 atom stereocenters. The molecule has 20 heavy (non-hydrogen) atoms. The molecule has 3 rings (SSSR count). The second-order valence-electron chi connectivity index (χ2n) is 4.43. The maximum atomic E-state index is 10.8. The molecular formula is C14H10BrN3O2. The van der Waals surface area contributed by atoms with Gasteiger partial charge in [0.2, 0.25) is 0 Å². The van der Waals surface area contributed by atoms with Gasteiger partial charge >= 0.3 is 0 Å². The van der Waals surface area contributed by atoms with Crippen molar-refractivity contribution in [1.29, 1.82) is 0 Å². The molecule has 0 amide bonds. The summed E-state index contributed by atoms with van der Waals surface area (Å²) in [6.45, 7) is 1.98. The van der Waals surface area contributed by atoms with E-state index in [4.69, 9.17) is 0 Å². The molecule has 3 aromatic rings. The number of hydrogen-bond acceptors (Lipinski definition) is 3. The second-order valence-corrected chi connectivity index (χ2v) is 5.28. The average molecular weight is 332 g/mol. The van der Waals surface area contributed by atoms with E-state index in [9.17, 15) is 10.1 Å². The van der Waals surface area contributed by atoms with Gasteiger partial charge in [0.05, 0.1) is 10.6 Å². The Balaban J connectivity index is 2.17. The zero-order valence-corrected chi connectivity index (χ0v) is 12.2. The number of nitro benzene ring substituents is 1. The number of non-ortho nitro benzene ring substituents is 1. The van der Waals surface area contributed by atoms with Crippen molar-refractivity contribution in [3.8, 4) is 11.3 Å². The third-order valence-electron chi connectivity index (χ3n) is 3.17. The molecule has 0 unspecified atom stereocenters. The number of pyridine rings is 1. The van der Waals surface area contributed by atoms with Gasteiger partial charge in [-0.05, 0) is 35.0 Å². The molecule has 0 bridgehead atoms. The van der Waals surface area contributed by atoms with Crippen LogP contribution in [-0.2, 0) is 0 Å². The molecule has 1 aromatic carbocycles. The number of imidazole rings is 1. The minimum atomic E-state index is -0.402. The molecule has 6 heteroatoms. The Hall–Kier alpha value is -2.21. The SMILES string of the molecule is Cc1c(Br)ccc2nc(-c3cccc([N+](=O)[O-])c3)cn12. The number of rotatable bonds is 2. The van der Waals surface area contributed by atoms with Gasteiger partial charge in [-0.25, -0.2) is 4.98 Å². The van der Waals surface area contributed by atoms with Gasteiger partial charge in [0.1, 0.15) is 5.65 Å². The number of hydrogen-bond donors (Lipinski definition) is 0. The third kappa shape index (κ3) is 2.08. The summed E-state index contributed by atoms with van der Waals surface area (Å²) >= 11 is 3.47. The normalized spacial score (nSPS) is 10.9. The summed E-state index contributed by atoms with van der Waals surface area (Å²) in [4.78, 5) is 14.9. The van der Waals surface area contributed by atoms with Crippen molar-refractivity contribution >= 4 is 27.3 Å². The lowest BCUT2D eigenvalue weighted by atomic mass is 10.1. The largest absolute Gasteiger partial charge is 0.303 e. The maximum Gasteiger partial charge on any atom is 0.270 e. The second kappa shape index (κ2) is 4.72. The monoisotopic (exact) mass is 331 g/mol. The van der Waals surface area contributed by atoms with Crippen molar-refractivity contribution in [2.24, 2.45) is 0 Å². The molecule has 2 heterocycles. The van der Waals surface area contributed by atoms with Gasteiger partial charge in [-0.15, -0.1) is 0 Å². The lowest BCUT2D eigenvalue weighted by molar-refractivity contribution is -0.384. The Morgan fingerprint density at radius 3 is 2.85 bits per heavy atom. The number of benzene rings is 1. The summed E-state index contributed by atoms with van der Waals surface area (Å²) in [6, 6.07) is 10.3. The molecule has 0 radical (unpaired) electrons. The maximum absolute atomic E-state index is 10.8. The van der Waals surface area contributed by atoms with Gasteiger partial charge in [-0.1, -0.05) is 12.1 Å². The molecule has 0 saturated carbocycles. The summed E-state index contributed by atoms with van der Waals surface area (Å²) < 4.78 is 2.95. The van der Waals surface area contributed by atoms with Crippen LogP contribution in [0.2, 0.25) is 0 Å². The minimum absolute atomic E-state index is 0.0671. The number of halogens is 1. The summed E-state index contributed by atoms with van der Waals surface area (Å²) in [7, 11) is 0. The van der Waals surface area contributed by atoms with Gasteiger partial charge in [-0.2, -0.15) is 0 Å². The van der Waals surface area contributed by atoms with Crippen LogP contribution in [0.25, 0.3) is 16.9 Å². The van der Waals surface area contributed by atoms with Gasteiger partial charge < -0.3 is 4.40 Å². The molecule has 0 aliphatic carbocycles. The summed E-state index contributed by atoms with van der Waals surface area (Å²) in [5, 5.41) is 10.8. The number of aryl methyl sites for hydroxylation is 1. The number of nitro groups is 1. The summed E-state index contributed by atoms with van der Waals surface area (Å²) in [5.41, 5.74) is 3.37. The van der Waals surface area contributed by atoms with E-state index in [0.29, 0.717) is 0 Å². The van der Waals surface area contributed by atoms with Crippen molar-refractivity contribution in [3.05, 3.63) is 62.9 Å². The lowest BCUT2D eigenvalue weighted by Crippen LogP contribution is -1.89. The van der Waals surface area contributed by atoms with E-state index in [2.05, 4.69) is 20.9 Å². The van der Waals surface area contributed by atoms with Crippen molar-refractivity contribution in [1.82, 2.24) is 9.38 Å². The standard InChI is InChI=1S/C14H10BrN3O2/c1-9-12(15)5-6-14-16-13(8-17(9)14)10-3-2-4-11(7-10)18(19)20/h2-8H,1H3. The fourth-order valence-corrected chi connectivity index (χ4v) is 2.41. The molecule has 0 spiro atoms. The van der Waals surface area contributed by atoms with Crippen LogP contribution in [0.1, 0.15) is 5.69 Å². The van der Waals surface area contributed by atoms with E-state index >= 15 is 0 Å². The van der Waals surface area contributed by atoms with Gasteiger partial charge in [0, 0.05) is 34.1 Å². The van der Waals surface area contributed by atoms with Crippen LogP contribution in [0.5, 0.6) is 0 Å². The first-order chi connectivity index (χ1) is 9.56. The molecule has 0 saturated heterocycles. The molecule has 0 N–H and O–H groups in total. The molecule has 5 nitrogen and oxygen atoms in total. The number of fused-ring (bicyclic) bond motifs is 1. The van der Waals surface area contributed by atoms with Crippen molar-refractivity contribution < 1.29 is 4.92 Å². The Labute approximate surface area is 123 Å². The predicted molar refractivity (Wildman–Crippen MR) is 79.7 cm³/mol. The zero-order valence-electron chi connectivity index (χ0n) is 10.6. The Bertz CT molecular complexity index is 826. The molecule has 0 aliphatic heterocycles. The molecule has 2 aromatic heterocycles. The fraction of sp³-hybridized carbons (Fsp3) is 0.0714. The van der Waals surface area contributed by atoms with Crippen LogP contribution >= 0.6 is 15.9 Å². The summed E-state index contributed by atoms with van der Waals surface area (Å²) in [6.07, 6.45) is 1.88. The van der Waals surface area contributed by atoms with E-state index in [-0.39, 0.29) is 5.69 Å². The van der Waals surface area contributed by atoms with E-state index in [0.717, 1.165) is 27.1 Å². The van der Waals surface area contributed by atoms with Crippen LogP contribution in [0.15, 0.2) is 47.1 Å². The first kappa shape index (κ1) is 12.8. The average Bonchev–Trinajstić information content (AvgIpc) is 2.88. The zero-order chi connectivity index (χ0) is 14.3. The highest BCUT2D eigenvalue weighted by Gasteiger charge is 2.11. The quantitative estimate of drug-likeness (QED) is 0.527. The highest BCUT2D eigenvalue weighted by atomic mass is 79.9. The third-order valence-corrected chi connectivity index (χ3v) is 4.01. The topological polar surface area (TPSA) is 60.4 Å². The first-order valence-electron chi connectivity index (χ1n) is 5.95. The van der Waals surface area contributed by atoms with Crippen molar-refractivity contribution in [2.75, 3.05) is 0 Å². The van der Waals surface area contributed by atoms with Gasteiger partial charge in [0.25, 0.3) is 5.69 Å². The van der Waals surface area contributed by atoms with Crippen LogP contribution in [0.3, 0.4) is 0 Å². The van der Waals surface area contributed by atoms with Gasteiger partial charge in [-0.3, -0.25) is 10.1 Å². The van der Waals surface area contributed by atoms with Crippen LogP contribution in [0.4, 0.5) is 5.69 Å². The smallest absolute Gasteiger partial charge is 0.270 e. The highest BCUT2D eigenvalue weighted by molar-refractivity contribution is 9.10. The van der Waals surface area contributed by atoms with Gasteiger partial charge in [0.15, 0.2) is 0 Å². The Morgan fingerprint density at radius 2 is 2.10 bits per heavy atom. The first-order valence-corrected chi connectivity index (χ1v) is 6.74. The lowest BCUT2D eigenvalue weighted by Gasteiger charge is -2.00.